The van der Waals surface area contributed by atoms with Crippen molar-refractivity contribution >= 4 is 22.2 Å². The van der Waals surface area contributed by atoms with Crippen molar-refractivity contribution in [2.24, 2.45) is 0 Å². The van der Waals surface area contributed by atoms with Crippen LogP contribution < -0.4 is 10.1 Å². The number of nitrogens with zero attached hydrogens (tertiary/aromatic N) is 1. The highest BCUT2D eigenvalue weighted by Gasteiger charge is 2.11. The summed E-state index contributed by atoms with van der Waals surface area (Å²) >= 11 is 1.70. The molecule has 114 valence electrons. The van der Waals surface area contributed by atoms with E-state index in [-0.39, 0.29) is 0 Å². The summed E-state index contributed by atoms with van der Waals surface area (Å²) in [5, 5.41) is 8.87. The van der Waals surface area contributed by atoms with Gasteiger partial charge in [-0.3, -0.25) is 0 Å². The van der Waals surface area contributed by atoms with Gasteiger partial charge in [-0.1, -0.05) is 13.8 Å². The number of ether oxygens (including phenoxy) is 1. The average molecular weight is 312 g/mol. The SMILES string of the molecule is COc1ccc2cc(CNC(C)C)c(-c3ccsc3)nc2c1. The van der Waals surface area contributed by atoms with Gasteiger partial charge in [-0.25, -0.2) is 4.98 Å². The fourth-order valence-corrected chi connectivity index (χ4v) is 3.06. The van der Waals surface area contributed by atoms with Gasteiger partial charge in [0.15, 0.2) is 0 Å². The molecule has 0 fully saturated rings. The van der Waals surface area contributed by atoms with Gasteiger partial charge < -0.3 is 10.1 Å². The van der Waals surface area contributed by atoms with E-state index in [9.17, 15) is 0 Å². The summed E-state index contributed by atoms with van der Waals surface area (Å²) in [7, 11) is 1.68. The number of thiophene rings is 1. The summed E-state index contributed by atoms with van der Waals surface area (Å²) in [6.45, 7) is 5.13. The van der Waals surface area contributed by atoms with Crippen LogP contribution in [-0.4, -0.2) is 18.1 Å². The molecule has 0 spiro atoms. The Kier molecular flexibility index (Phi) is 4.41. The van der Waals surface area contributed by atoms with Crippen molar-refractivity contribution in [1.29, 1.82) is 0 Å². The first-order valence-electron chi connectivity index (χ1n) is 7.41. The molecule has 1 N–H and O–H groups in total. The van der Waals surface area contributed by atoms with Crippen molar-refractivity contribution in [3.05, 3.63) is 46.7 Å². The van der Waals surface area contributed by atoms with Crippen LogP contribution in [0.4, 0.5) is 0 Å². The molecule has 2 heterocycles. The predicted octanol–water partition coefficient (Wildman–Crippen LogP) is 4.47. The zero-order chi connectivity index (χ0) is 15.5. The van der Waals surface area contributed by atoms with E-state index in [4.69, 9.17) is 9.72 Å². The van der Waals surface area contributed by atoms with Gasteiger partial charge in [0.2, 0.25) is 0 Å². The maximum absolute atomic E-state index is 5.31. The molecule has 0 atom stereocenters. The Bertz CT molecular complexity index is 766. The van der Waals surface area contributed by atoms with E-state index in [1.54, 1.807) is 18.4 Å². The molecule has 0 aliphatic rings. The first-order valence-corrected chi connectivity index (χ1v) is 8.35. The fourth-order valence-electron chi connectivity index (χ4n) is 2.42. The van der Waals surface area contributed by atoms with Gasteiger partial charge >= 0.3 is 0 Å². The number of fused-ring (bicyclic) bond motifs is 1. The number of nitrogens with one attached hydrogen (secondary N) is 1. The largest absolute Gasteiger partial charge is 0.497 e. The normalized spacial score (nSPS) is 11.3. The summed E-state index contributed by atoms with van der Waals surface area (Å²) in [5.74, 6) is 0.837. The van der Waals surface area contributed by atoms with Crippen LogP contribution in [0.1, 0.15) is 19.4 Å². The minimum Gasteiger partial charge on any atom is -0.497 e. The molecule has 2 aromatic heterocycles. The molecule has 3 aromatic rings. The van der Waals surface area contributed by atoms with Gasteiger partial charge in [0.05, 0.1) is 18.3 Å². The number of rotatable bonds is 5. The molecule has 1 aromatic carbocycles. The van der Waals surface area contributed by atoms with Crippen LogP contribution in [0.15, 0.2) is 41.1 Å². The van der Waals surface area contributed by atoms with E-state index in [2.05, 4.69) is 48.1 Å². The quantitative estimate of drug-likeness (QED) is 0.755. The predicted molar refractivity (Wildman–Crippen MR) is 93.6 cm³/mol. The zero-order valence-electron chi connectivity index (χ0n) is 13.1. The van der Waals surface area contributed by atoms with Crippen LogP contribution in [0, 0.1) is 0 Å². The highest BCUT2D eigenvalue weighted by Crippen LogP contribution is 2.29. The molecule has 22 heavy (non-hydrogen) atoms. The Morgan fingerprint density at radius 1 is 1.23 bits per heavy atom. The van der Waals surface area contributed by atoms with Gasteiger partial charge in [0, 0.05) is 35.0 Å². The standard InChI is InChI=1S/C18H20N2OS/c1-12(2)19-10-15-8-13-4-5-16(21-3)9-17(13)20-18(15)14-6-7-22-11-14/h4-9,11-12,19H,10H2,1-3H3. The third-order valence-corrected chi connectivity index (χ3v) is 4.28. The highest BCUT2D eigenvalue weighted by atomic mass is 32.1. The molecular formula is C18H20N2OS. The first-order chi connectivity index (χ1) is 10.7. The Balaban J connectivity index is 2.12. The lowest BCUT2D eigenvalue weighted by atomic mass is 10.0. The number of pyridine rings is 1. The molecule has 0 aliphatic heterocycles. The van der Waals surface area contributed by atoms with Crippen molar-refractivity contribution in [1.82, 2.24) is 10.3 Å². The van der Waals surface area contributed by atoms with Crippen LogP contribution in [0.25, 0.3) is 22.2 Å². The molecule has 4 heteroatoms. The van der Waals surface area contributed by atoms with Crippen molar-refractivity contribution in [3.63, 3.8) is 0 Å². The van der Waals surface area contributed by atoms with Crippen LogP contribution in [0.2, 0.25) is 0 Å². The van der Waals surface area contributed by atoms with Gasteiger partial charge in [0.25, 0.3) is 0 Å². The van der Waals surface area contributed by atoms with Gasteiger partial charge in [-0.15, -0.1) is 0 Å². The number of aromatic nitrogens is 1. The lowest BCUT2D eigenvalue weighted by Gasteiger charge is -2.13. The van der Waals surface area contributed by atoms with Gasteiger partial charge in [0.1, 0.15) is 5.75 Å². The summed E-state index contributed by atoms with van der Waals surface area (Å²) in [5.41, 5.74) is 4.42. The van der Waals surface area contributed by atoms with E-state index in [0.717, 1.165) is 28.9 Å². The Morgan fingerprint density at radius 2 is 2.09 bits per heavy atom. The molecule has 0 saturated carbocycles. The molecule has 0 unspecified atom stereocenters. The minimum atomic E-state index is 0.446. The minimum absolute atomic E-state index is 0.446. The maximum atomic E-state index is 5.31. The second-order valence-electron chi connectivity index (χ2n) is 5.60. The Morgan fingerprint density at radius 3 is 2.77 bits per heavy atom. The smallest absolute Gasteiger partial charge is 0.121 e. The van der Waals surface area contributed by atoms with Crippen molar-refractivity contribution < 1.29 is 4.74 Å². The highest BCUT2D eigenvalue weighted by molar-refractivity contribution is 7.08. The van der Waals surface area contributed by atoms with E-state index >= 15 is 0 Å². The number of hydrogen-bond acceptors (Lipinski definition) is 4. The molecular weight excluding hydrogens is 292 g/mol. The third kappa shape index (κ3) is 3.13. The fraction of sp³-hybridized carbons (Fsp3) is 0.278. The lowest BCUT2D eigenvalue weighted by Crippen LogP contribution is -2.22. The second-order valence-corrected chi connectivity index (χ2v) is 6.38. The van der Waals surface area contributed by atoms with Crippen LogP contribution >= 0.6 is 11.3 Å². The Hall–Kier alpha value is -1.91. The molecule has 0 radical (unpaired) electrons. The van der Waals surface area contributed by atoms with Gasteiger partial charge in [-0.2, -0.15) is 11.3 Å². The topological polar surface area (TPSA) is 34.1 Å². The second kappa shape index (κ2) is 6.46. The molecule has 0 aliphatic carbocycles. The van der Waals surface area contributed by atoms with Crippen LogP contribution in [0.3, 0.4) is 0 Å². The summed E-state index contributed by atoms with van der Waals surface area (Å²) in [6, 6.07) is 10.8. The molecule has 0 amide bonds. The summed E-state index contributed by atoms with van der Waals surface area (Å²) < 4.78 is 5.31. The average Bonchev–Trinajstić information content (AvgIpc) is 3.05. The lowest BCUT2D eigenvalue weighted by molar-refractivity contribution is 0.415. The van der Waals surface area contributed by atoms with Crippen LogP contribution in [0.5, 0.6) is 5.75 Å². The van der Waals surface area contributed by atoms with E-state index in [0.29, 0.717) is 6.04 Å². The summed E-state index contributed by atoms with van der Waals surface area (Å²) in [4.78, 5) is 4.89. The van der Waals surface area contributed by atoms with Crippen molar-refractivity contribution in [3.8, 4) is 17.0 Å². The van der Waals surface area contributed by atoms with Gasteiger partial charge in [-0.05, 0) is 35.2 Å². The molecule has 3 rings (SSSR count). The molecule has 0 saturated heterocycles. The van der Waals surface area contributed by atoms with E-state index in [1.807, 2.05) is 12.1 Å². The first kappa shape index (κ1) is 15.0. The third-order valence-electron chi connectivity index (χ3n) is 3.60. The maximum Gasteiger partial charge on any atom is 0.121 e. The molecule has 0 bridgehead atoms. The number of hydrogen-bond donors (Lipinski definition) is 1. The zero-order valence-corrected chi connectivity index (χ0v) is 13.9. The Labute approximate surface area is 135 Å². The van der Waals surface area contributed by atoms with Crippen molar-refractivity contribution in [2.45, 2.75) is 26.4 Å². The number of methoxy groups -OCH3 is 1. The van der Waals surface area contributed by atoms with Crippen LogP contribution in [-0.2, 0) is 6.54 Å². The van der Waals surface area contributed by atoms with E-state index in [1.165, 1.54) is 11.1 Å². The molecule has 3 nitrogen and oxygen atoms in total. The number of benzene rings is 1. The summed E-state index contributed by atoms with van der Waals surface area (Å²) in [6.07, 6.45) is 0. The van der Waals surface area contributed by atoms with E-state index < -0.39 is 0 Å². The monoisotopic (exact) mass is 312 g/mol. The van der Waals surface area contributed by atoms with Crippen molar-refractivity contribution in [2.75, 3.05) is 7.11 Å².